The van der Waals surface area contributed by atoms with Crippen molar-refractivity contribution >= 4 is 27.5 Å². The summed E-state index contributed by atoms with van der Waals surface area (Å²) in [5.74, 6) is 0.764. The number of thioether (sulfide) groups is 1. The molecule has 2 fully saturated rings. The van der Waals surface area contributed by atoms with E-state index in [0.29, 0.717) is 44.1 Å². The van der Waals surface area contributed by atoms with Crippen LogP contribution in [0.4, 0.5) is 0 Å². The highest BCUT2D eigenvalue weighted by Gasteiger charge is 2.47. The first-order valence-electron chi connectivity index (χ1n) is 7.06. The lowest BCUT2D eigenvalue weighted by atomic mass is 9.80. The number of rotatable bonds is 3. The van der Waals surface area contributed by atoms with Crippen molar-refractivity contribution in [2.24, 2.45) is 5.41 Å². The Hall–Kier alpha value is -0.780. The lowest BCUT2D eigenvalue weighted by molar-refractivity contribution is -0.143. The summed E-state index contributed by atoms with van der Waals surface area (Å²) >= 11 is 1.54. The van der Waals surface area contributed by atoms with Crippen molar-refractivity contribution in [3.8, 4) is 6.07 Å². The van der Waals surface area contributed by atoms with Gasteiger partial charge in [0.15, 0.2) is 9.84 Å². The van der Waals surface area contributed by atoms with Gasteiger partial charge in [-0.15, -0.1) is 0 Å². The second kappa shape index (κ2) is 6.55. The summed E-state index contributed by atoms with van der Waals surface area (Å²) in [5.41, 5.74) is -1.12. The lowest BCUT2D eigenvalue weighted by Gasteiger charge is -2.40. The van der Waals surface area contributed by atoms with Crippen LogP contribution >= 0.6 is 11.8 Å². The normalized spacial score (nSPS) is 26.1. The first-order chi connectivity index (χ1) is 9.97. The number of hydrogen-bond acceptors (Lipinski definition) is 6. The highest BCUT2D eigenvalue weighted by Crippen LogP contribution is 2.35. The van der Waals surface area contributed by atoms with Crippen molar-refractivity contribution < 1.29 is 17.9 Å². The minimum absolute atomic E-state index is 0.00463. The van der Waals surface area contributed by atoms with E-state index in [0.717, 1.165) is 0 Å². The molecule has 2 rings (SSSR count). The van der Waals surface area contributed by atoms with Crippen LogP contribution in [0.5, 0.6) is 0 Å². The molecule has 1 atom stereocenters. The zero-order chi connectivity index (χ0) is 15.5. The van der Waals surface area contributed by atoms with Crippen molar-refractivity contribution in [1.29, 1.82) is 5.26 Å². The molecule has 0 saturated carbocycles. The number of ether oxygens (including phenoxy) is 1. The molecule has 6 nitrogen and oxygen atoms in total. The van der Waals surface area contributed by atoms with Gasteiger partial charge in [-0.2, -0.15) is 17.0 Å². The van der Waals surface area contributed by atoms with Gasteiger partial charge in [0.05, 0.1) is 6.07 Å². The number of nitrogens with zero attached hydrogens (tertiary/aromatic N) is 2. The van der Waals surface area contributed by atoms with Crippen LogP contribution in [0.3, 0.4) is 0 Å². The highest BCUT2D eigenvalue weighted by atomic mass is 32.2. The fourth-order valence-corrected chi connectivity index (χ4v) is 5.64. The molecule has 1 amide bonds. The number of nitriles is 1. The van der Waals surface area contributed by atoms with Crippen molar-refractivity contribution in [2.75, 3.05) is 37.0 Å². The summed E-state index contributed by atoms with van der Waals surface area (Å²) in [4.78, 5) is 14.3. The number of carbonyl (C=O) groups excluding carboxylic acids is 1. The Morgan fingerprint density at radius 1 is 1.48 bits per heavy atom. The topological polar surface area (TPSA) is 87.5 Å². The maximum absolute atomic E-state index is 12.9. The summed E-state index contributed by atoms with van der Waals surface area (Å²) in [6, 6.07) is 2.13. The molecule has 0 aromatic heterocycles. The lowest BCUT2D eigenvalue weighted by Crippen LogP contribution is -2.56. The maximum Gasteiger partial charge on any atom is 0.244 e. The van der Waals surface area contributed by atoms with Gasteiger partial charge in [-0.05, 0) is 12.8 Å². The maximum atomic E-state index is 12.9. The summed E-state index contributed by atoms with van der Waals surface area (Å²) in [6.07, 6.45) is 0.676. The minimum atomic E-state index is -3.35. The molecule has 2 heterocycles. The Morgan fingerprint density at radius 3 is 2.71 bits per heavy atom. The molecule has 0 N–H and O–H groups in total. The van der Waals surface area contributed by atoms with Crippen molar-refractivity contribution in [1.82, 2.24) is 4.90 Å². The standard InChI is InChI=1S/C13H20N2O4S2/c1-2-21(17,18)11-9-20-8-5-15(11)12(16)13(10-14)3-6-19-7-4-13/h11H,2-9H2,1H3. The van der Waals surface area contributed by atoms with Crippen LogP contribution in [0.1, 0.15) is 19.8 Å². The van der Waals surface area contributed by atoms with Gasteiger partial charge >= 0.3 is 0 Å². The van der Waals surface area contributed by atoms with E-state index in [4.69, 9.17) is 4.74 Å². The first kappa shape index (κ1) is 16.6. The molecular weight excluding hydrogens is 312 g/mol. The van der Waals surface area contributed by atoms with Crippen molar-refractivity contribution in [3.63, 3.8) is 0 Å². The zero-order valence-electron chi connectivity index (χ0n) is 12.1. The third-order valence-electron chi connectivity index (χ3n) is 4.13. The van der Waals surface area contributed by atoms with E-state index < -0.39 is 20.6 Å². The Balaban J connectivity index is 2.28. The number of amides is 1. The van der Waals surface area contributed by atoms with E-state index in [1.165, 1.54) is 16.7 Å². The van der Waals surface area contributed by atoms with Gasteiger partial charge in [-0.1, -0.05) is 6.92 Å². The molecule has 1 unspecified atom stereocenters. The predicted molar refractivity (Wildman–Crippen MR) is 80.4 cm³/mol. The van der Waals surface area contributed by atoms with E-state index in [2.05, 4.69) is 6.07 Å². The fraction of sp³-hybridized carbons (Fsp3) is 0.846. The Labute approximate surface area is 129 Å². The van der Waals surface area contributed by atoms with E-state index in [1.54, 1.807) is 6.92 Å². The van der Waals surface area contributed by atoms with Crippen molar-refractivity contribution in [2.45, 2.75) is 25.1 Å². The first-order valence-corrected chi connectivity index (χ1v) is 9.93. The Morgan fingerprint density at radius 2 is 2.14 bits per heavy atom. The molecule has 118 valence electrons. The van der Waals surface area contributed by atoms with Gasteiger partial charge in [-0.3, -0.25) is 4.79 Å². The predicted octanol–water partition coefficient (Wildman–Crippen LogP) is 0.643. The van der Waals surface area contributed by atoms with Crippen LogP contribution in [0.25, 0.3) is 0 Å². The van der Waals surface area contributed by atoms with Gasteiger partial charge < -0.3 is 9.64 Å². The third-order valence-corrected chi connectivity index (χ3v) is 7.42. The SMILES string of the molecule is CCS(=O)(=O)C1CSCCN1C(=O)C1(C#N)CCOCC1. The molecule has 2 aliphatic heterocycles. The van der Waals surface area contributed by atoms with E-state index in [1.807, 2.05) is 0 Å². The van der Waals surface area contributed by atoms with E-state index in [-0.39, 0.29) is 11.7 Å². The molecule has 0 aliphatic carbocycles. The molecule has 0 aromatic carbocycles. The quantitative estimate of drug-likeness (QED) is 0.754. The van der Waals surface area contributed by atoms with Gasteiger partial charge in [-0.25, -0.2) is 8.42 Å². The van der Waals surface area contributed by atoms with Gasteiger partial charge in [0, 0.05) is 37.0 Å². The smallest absolute Gasteiger partial charge is 0.244 e. The molecule has 8 heteroatoms. The summed E-state index contributed by atoms with van der Waals surface area (Å²) in [5, 5.41) is 8.68. The Bertz CT molecular complexity index is 535. The number of sulfone groups is 1. The largest absolute Gasteiger partial charge is 0.381 e. The molecule has 0 spiro atoms. The van der Waals surface area contributed by atoms with Crippen LogP contribution in [0.2, 0.25) is 0 Å². The fourth-order valence-electron chi connectivity index (χ4n) is 2.67. The molecule has 0 bridgehead atoms. The second-order valence-electron chi connectivity index (χ2n) is 5.29. The number of hydrogen-bond donors (Lipinski definition) is 0. The van der Waals surface area contributed by atoms with Crippen LogP contribution in [-0.2, 0) is 19.4 Å². The van der Waals surface area contributed by atoms with Crippen LogP contribution in [-0.4, -0.2) is 61.6 Å². The zero-order valence-corrected chi connectivity index (χ0v) is 13.7. The van der Waals surface area contributed by atoms with Gasteiger partial charge in [0.1, 0.15) is 10.8 Å². The summed E-state index contributed by atoms with van der Waals surface area (Å²) in [6.45, 7) is 2.71. The average Bonchev–Trinajstić information content (AvgIpc) is 2.54. The molecular formula is C13H20N2O4S2. The van der Waals surface area contributed by atoms with Crippen LogP contribution in [0.15, 0.2) is 0 Å². The van der Waals surface area contributed by atoms with E-state index in [9.17, 15) is 18.5 Å². The van der Waals surface area contributed by atoms with Crippen molar-refractivity contribution in [3.05, 3.63) is 0 Å². The summed E-state index contributed by atoms with van der Waals surface area (Å²) < 4.78 is 29.7. The highest BCUT2D eigenvalue weighted by molar-refractivity contribution is 8.01. The minimum Gasteiger partial charge on any atom is -0.381 e. The average molecular weight is 332 g/mol. The van der Waals surface area contributed by atoms with Crippen LogP contribution < -0.4 is 0 Å². The van der Waals surface area contributed by atoms with Gasteiger partial charge in [0.25, 0.3) is 0 Å². The Kier molecular flexibility index (Phi) is 5.17. The second-order valence-corrected chi connectivity index (χ2v) is 8.88. The molecule has 2 aliphatic rings. The van der Waals surface area contributed by atoms with Gasteiger partial charge in [0.2, 0.25) is 5.91 Å². The third kappa shape index (κ3) is 3.20. The molecule has 21 heavy (non-hydrogen) atoms. The van der Waals surface area contributed by atoms with Crippen LogP contribution in [0, 0.1) is 16.7 Å². The molecule has 0 aromatic rings. The summed E-state index contributed by atoms with van der Waals surface area (Å²) in [7, 11) is -3.35. The number of carbonyl (C=O) groups is 1. The monoisotopic (exact) mass is 332 g/mol. The molecule has 2 saturated heterocycles. The molecule has 0 radical (unpaired) electrons. The van der Waals surface area contributed by atoms with E-state index >= 15 is 0 Å².